The molecule has 1 heterocycles. The van der Waals surface area contributed by atoms with E-state index in [-0.39, 0.29) is 5.56 Å². The second kappa shape index (κ2) is 5.12. The van der Waals surface area contributed by atoms with Crippen LogP contribution in [-0.4, -0.2) is 16.1 Å². The van der Waals surface area contributed by atoms with Crippen LogP contribution in [0.5, 0.6) is 0 Å². The molecule has 0 radical (unpaired) electrons. The van der Waals surface area contributed by atoms with Crippen molar-refractivity contribution >= 4 is 5.97 Å². The van der Waals surface area contributed by atoms with E-state index >= 15 is 0 Å². The van der Waals surface area contributed by atoms with Crippen molar-refractivity contribution in [3.63, 3.8) is 0 Å². The minimum atomic E-state index is -1.21. The summed E-state index contributed by atoms with van der Waals surface area (Å²) in [5, 5.41) is 8.35. The minimum Gasteiger partial charge on any atom is -0.477 e. The molecule has 0 atom stereocenters. The molecule has 1 aromatic heterocycles. The van der Waals surface area contributed by atoms with E-state index < -0.39 is 11.5 Å². The van der Waals surface area contributed by atoms with Crippen LogP contribution < -0.4 is 5.56 Å². The molecule has 4 nitrogen and oxygen atoms in total. The van der Waals surface area contributed by atoms with E-state index in [2.05, 4.69) is 4.98 Å². The number of carboxylic acid groups (broad SMARTS) is 1. The number of aromatic amines is 1. The number of carboxylic acids is 1. The van der Waals surface area contributed by atoms with Gasteiger partial charge in [-0.1, -0.05) is 13.8 Å². The maximum absolute atomic E-state index is 10.6. The number of H-pyrrole nitrogens is 1. The normalized spacial score (nSPS) is 8.17. The lowest BCUT2D eigenvalue weighted by molar-refractivity contribution is 0.0695. The third-order valence-electron chi connectivity index (χ3n) is 1.05. The third-order valence-corrected chi connectivity index (χ3v) is 1.05. The average molecular weight is 169 g/mol. The second-order valence-electron chi connectivity index (χ2n) is 1.72. The lowest BCUT2D eigenvalue weighted by Gasteiger charge is -1.88. The van der Waals surface area contributed by atoms with Crippen molar-refractivity contribution in [3.8, 4) is 0 Å². The van der Waals surface area contributed by atoms with Crippen LogP contribution >= 0.6 is 0 Å². The molecule has 0 aromatic carbocycles. The Hall–Kier alpha value is -1.58. The van der Waals surface area contributed by atoms with Crippen molar-refractivity contribution in [2.24, 2.45) is 0 Å². The zero-order valence-electron chi connectivity index (χ0n) is 7.00. The monoisotopic (exact) mass is 169 g/mol. The Morgan fingerprint density at radius 1 is 1.50 bits per heavy atom. The van der Waals surface area contributed by atoms with Gasteiger partial charge in [0.1, 0.15) is 5.56 Å². The van der Waals surface area contributed by atoms with E-state index in [1.54, 1.807) is 0 Å². The molecule has 0 fully saturated rings. The van der Waals surface area contributed by atoms with Crippen LogP contribution in [0, 0.1) is 0 Å². The van der Waals surface area contributed by atoms with Crippen LogP contribution in [0.3, 0.4) is 0 Å². The van der Waals surface area contributed by atoms with Crippen LogP contribution in [-0.2, 0) is 0 Å². The molecular formula is C8H11NO3. The Balaban J connectivity index is 0.000000561. The molecule has 0 amide bonds. The van der Waals surface area contributed by atoms with Gasteiger partial charge in [0.05, 0.1) is 0 Å². The summed E-state index contributed by atoms with van der Waals surface area (Å²) in [6.07, 6.45) is 1.38. The molecule has 0 bridgehead atoms. The highest BCUT2D eigenvalue weighted by atomic mass is 16.4. The number of hydrogen-bond acceptors (Lipinski definition) is 2. The molecule has 0 spiro atoms. The van der Waals surface area contributed by atoms with E-state index in [9.17, 15) is 9.59 Å². The van der Waals surface area contributed by atoms with E-state index in [0.29, 0.717) is 0 Å². The first kappa shape index (κ1) is 10.4. The maximum Gasteiger partial charge on any atom is 0.341 e. The summed E-state index contributed by atoms with van der Waals surface area (Å²) in [6.45, 7) is 4.00. The average Bonchev–Trinajstić information content (AvgIpc) is 2.08. The van der Waals surface area contributed by atoms with E-state index in [1.807, 2.05) is 13.8 Å². The van der Waals surface area contributed by atoms with Gasteiger partial charge in [0.2, 0.25) is 0 Å². The molecule has 1 rings (SSSR count). The highest BCUT2D eigenvalue weighted by Crippen LogP contribution is 1.86. The molecule has 66 valence electrons. The predicted molar refractivity (Wildman–Crippen MR) is 45.4 cm³/mol. The first-order valence-electron chi connectivity index (χ1n) is 3.63. The van der Waals surface area contributed by atoms with Gasteiger partial charge in [-0.05, 0) is 12.1 Å². The fraction of sp³-hybridized carbons (Fsp3) is 0.250. The van der Waals surface area contributed by atoms with Crippen molar-refractivity contribution in [3.05, 3.63) is 34.2 Å². The molecule has 0 aliphatic heterocycles. The first-order valence-corrected chi connectivity index (χ1v) is 3.63. The Morgan fingerprint density at radius 3 is 2.42 bits per heavy atom. The smallest absolute Gasteiger partial charge is 0.341 e. The fourth-order valence-corrected chi connectivity index (χ4v) is 0.590. The lowest BCUT2D eigenvalue weighted by atomic mass is 10.3. The number of aromatic carboxylic acids is 1. The van der Waals surface area contributed by atoms with Gasteiger partial charge in [-0.25, -0.2) is 4.79 Å². The number of pyridine rings is 1. The highest BCUT2D eigenvalue weighted by Gasteiger charge is 2.04. The van der Waals surface area contributed by atoms with Crippen molar-refractivity contribution in [2.75, 3.05) is 0 Å². The molecule has 0 aliphatic rings. The van der Waals surface area contributed by atoms with Gasteiger partial charge in [0.15, 0.2) is 0 Å². The van der Waals surface area contributed by atoms with Crippen molar-refractivity contribution < 1.29 is 9.90 Å². The van der Waals surface area contributed by atoms with Gasteiger partial charge in [-0.3, -0.25) is 4.79 Å². The van der Waals surface area contributed by atoms with E-state index in [4.69, 9.17) is 5.11 Å². The van der Waals surface area contributed by atoms with E-state index in [0.717, 1.165) is 0 Å². The molecule has 0 aliphatic carbocycles. The standard InChI is InChI=1S/C6H5NO3.C2H6/c8-5-4(6(9)10)2-1-3-7-5;1-2/h1-3H,(H,7,8)(H,9,10);1-2H3. The van der Waals surface area contributed by atoms with Gasteiger partial charge in [-0.15, -0.1) is 0 Å². The van der Waals surface area contributed by atoms with Gasteiger partial charge in [-0.2, -0.15) is 0 Å². The molecule has 0 unspecified atom stereocenters. The highest BCUT2D eigenvalue weighted by molar-refractivity contribution is 5.86. The van der Waals surface area contributed by atoms with Gasteiger partial charge >= 0.3 is 5.97 Å². The minimum absolute atomic E-state index is 0.234. The van der Waals surface area contributed by atoms with Crippen molar-refractivity contribution in [1.29, 1.82) is 0 Å². The van der Waals surface area contributed by atoms with Gasteiger partial charge in [0.25, 0.3) is 5.56 Å². The van der Waals surface area contributed by atoms with Crippen molar-refractivity contribution in [1.82, 2.24) is 4.98 Å². The summed E-state index contributed by atoms with van der Waals surface area (Å²) in [6, 6.07) is 2.71. The Morgan fingerprint density at radius 2 is 2.08 bits per heavy atom. The number of hydrogen-bond donors (Lipinski definition) is 2. The molecular weight excluding hydrogens is 158 g/mol. The van der Waals surface area contributed by atoms with Crippen LogP contribution in [0.15, 0.2) is 23.1 Å². The Labute approximate surface area is 69.9 Å². The topological polar surface area (TPSA) is 70.2 Å². The molecule has 2 N–H and O–H groups in total. The number of carbonyl (C=O) groups is 1. The van der Waals surface area contributed by atoms with Crippen LogP contribution in [0.4, 0.5) is 0 Å². The maximum atomic E-state index is 10.6. The molecule has 0 saturated carbocycles. The molecule has 4 heteroatoms. The summed E-state index contributed by atoms with van der Waals surface area (Å²) in [5.74, 6) is -1.21. The first-order chi connectivity index (χ1) is 5.72. The van der Waals surface area contributed by atoms with Gasteiger partial charge < -0.3 is 10.1 Å². The summed E-state index contributed by atoms with van der Waals surface area (Å²) >= 11 is 0. The largest absolute Gasteiger partial charge is 0.477 e. The van der Waals surface area contributed by atoms with Crippen LogP contribution in [0.2, 0.25) is 0 Å². The quantitative estimate of drug-likeness (QED) is 0.661. The zero-order valence-corrected chi connectivity index (χ0v) is 7.00. The summed E-state index contributed by atoms with van der Waals surface area (Å²) in [7, 11) is 0. The Kier molecular flexibility index (Phi) is 4.45. The summed E-state index contributed by atoms with van der Waals surface area (Å²) in [4.78, 5) is 23.1. The van der Waals surface area contributed by atoms with E-state index in [1.165, 1.54) is 18.3 Å². The SMILES string of the molecule is CC.O=C(O)c1ccc[nH]c1=O. The van der Waals surface area contributed by atoms with Crippen LogP contribution in [0.25, 0.3) is 0 Å². The molecule has 1 aromatic rings. The number of nitrogens with one attached hydrogen (secondary N) is 1. The summed E-state index contributed by atoms with van der Waals surface area (Å²) < 4.78 is 0. The second-order valence-corrected chi connectivity index (χ2v) is 1.72. The predicted octanol–water partition coefficient (Wildman–Crippen LogP) is 1.10. The molecule has 0 saturated heterocycles. The molecule has 12 heavy (non-hydrogen) atoms. The number of rotatable bonds is 1. The summed E-state index contributed by atoms with van der Waals surface area (Å²) in [5.41, 5.74) is -0.808. The Bertz CT molecular complexity index is 303. The third kappa shape index (κ3) is 2.57. The lowest BCUT2D eigenvalue weighted by Crippen LogP contribution is -2.15. The van der Waals surface area contributed by atoms with Crippen LogP contribution in [0.1, 0.15) is 24.2 Å². The fourth-order valence-electron chi connectivity index (χ4n) is 0.590. The van der Waals surface area contributed by atoms with Crippen molar-refractivity contribution in [2.45, 2.75) is 13.8 Å². The number of aromatic nitrogens is 1. The zero-order chi connectivity index (χ0) is 9.56. The van der Waals surface area contributed by atoms with Gasteiger partial charge in [0, 0.05) is 6.20 Å².